The van der Waals surface area contributed by atoms with Gasteiger partial charge in [-0.3, -0.25) is 4.79 Å². The lowest BCUT2D eigenvalue weighted by atomic mass is 10.0. The van der Waals surface area contributed by atoms with Crippen LogP contribution in [0.15, 0.2) is 36.4 Å². The molecule has 3 rings (SSSR count). The molecule has 20 heavy (non-hydrogen) atoms. The first kappa shape index (κ1) is 12.8. The molecule has 1 heterocycles. The minimum Gasteiger partial charge on any atom is -0.321 e. The van der Waals surface area contributed by atoms with Crippen LogP contribution in [-0.2, 0) is 4.79 Å². The van der Waals surface area contributed by atoms with Gasteiger partial charge in [-0.1, -0.05) is 29.8 Å². The summed E-state index contributed by atoms with van der Waals surface area (Å²) in [5, 5.41) is 3.12. The van der Waals surface area contributed by atoms with Crippen molar-refractivity contribution in [1.29, 1.82) is 0 Å². The zero-order valence-electron chi connectivity index (χ0n) is 10.1. The highest BCUT2D eigenvalue weighted by atomic mass is 35.5. The third kappa shape index (κ3) is 2.08. The van der Waals surface area contributed by atoms with Crippen molar-refractivity contribution in [2.75, 3.05) is 5.32 Å². The van der Waals surface area contributed by atoms with Crippen molar-refractivity contribution >= 4 is 34.8 Å². The largest absolute Gasteiger partial charge is 0.321 e. The lowest BCUT2D eigenvalue weighted by molar-refractivity contribution is -0.110. The maximum Gasteiger partial charge on any atom is 0.256 e. The Balaban J connectivity index is 2.14. The molecule has 1 aliphatic rings. The van der Waals surface area contributed by atoms with Crippen molar-refractivity contribution in [2.45, 2.75) is 0 Å². The van der Waals surface area contributed by atoms with Gasteiger partial charge in [0, 0.05) is 21.7 Å². The summed E-state index contributed by atoms with van der Waals surface area (Å²) in [4.78, 5) is 11.9. The number of nitrogens with one attached hydrogen (secondary N) is 1. The molecule has 1 N–H and O–H groups in total. The van der Waals surface area contributed by atoms with Gasteiger partial charge in [0.2, 0.25) is 0 Å². The number of halogens is 3. The van der Waals surface area contributed by atoms with Crippen LogP contribution in [0.25, 0.3) is 11.6 Å². The Morgan fingerprint density at radius 1 is 1.15 bits per heavy atom. The molecule has 0 aliphatic carbocycles. The van der Waals surface area contributed by atoms with E-state index >= 15 is 0 Å². The number of carbonyl (C=O) groups is 1. The Morgan fingerprint density at radius 2 is 1.95 bits per heavy atom. The molecular weight excluding hydrogens is 284 g/mol. The monoisotopic (exact) mass is 291 g/mol. The fraction of sp³-hybridized carbons (Fsp3) is 0. The molecule has 1 aliphatic heterocycles. The van der Waals surface area contributed by atoms with E-state index in [0.29, 0.717) is 16.3 Å². The van der Waals surface area contributed by atoms with E-state index in [1.807, 2.05) is 0 Å². The number of amides is 1. The van der Waals surface area contributed by atoms with E-state index in [0.717, 1.165) is 6.07 Å². The Kier molecular flexibility index (Phi) is 3.03. The van der Waals surface area contributed by atoms with Crippen molar-refractivity contribution in [2.24, 2.45) is 0 Å². The molecule has 0 unspecified atom stereocenters. The molecule has 1 amide bonds. The van der Waals surface area contributed by atoms with Gasteiger partial charge in [0.1, 0.15) is 0 Å². The summed E-state index contributed by atoms with van der Waals surface area (Å²) in [7, 11) is 0. The van der Waals surface area contributed by atoms with Crippen LogP contribution in [0, 0.1) is 11.6 Å². The van der Waals surface area contributed by atoms with Gasteiger partial charge in [-0.05, 0) is 24.3 Å². The highest BCUT2D eigenvalue weighted by Gasteiger charge is 2.24. The van der Waals surface area contributed by atoms with E-state index in [9.17, 15) is 13.6 Å². The van der Waals surface area contributed by atoms with Gasteiger partial charge in [0.05, 0.1) is 5.69 Å². The number of hydrogen-bond donors (Lipinski definition) is 1. The van der Waals surface area contributed by atoms with Crippen molar-refractivity contribution in [3.63, 3.8) is 0 Å². The van der Waals surface area contributed by atoms with E-state index < -0.39 is 11.6 Å². The van der Waals surface area contributed by atoms with E-state index in [1.54, 1.807) is 18.2 Å². The first-order chi connectivity index (χ1) is 9.56. The zero-order valence-corrected chi connectivity index (χ0v) is 10.8. The quantitative estimate of drug-likeness (QED) is 0.787. The Hall–Kier alpha value is -2.20. The van der Waals surface area contributed by atoms with Gasteiger partial charge in [-0.15, -0.1) is 0 Å². The van der Waals surface area contributed by atoms with Crippen LogP contribution in [0.4, 0.5) is 14.5 Å². The number of benzene rings is 2. The lowest BCUT2D eigenvalue weighted by Gasteiger charge is -2.01. The van der Waals surface area contributed by atoms with Crippen LogP contribution in [0.3, 0.4) is 0 Å². The first-order valence-electron chi connectivity index (χ1n) is 5.83. The van der Waals surface area contributed by atoms with Crippen LogP contribution >= 0.6 is 11.6 Å². The molecule has 100 valence electrons. The number of carbonyl (C=O) groups excluding carboxylic acids is 1. The second kappa shape index (κ2) is 4.72. The fourth-order valence-corrected chi connectivity index (χ4v) is 2.27. The van der Waals surface area contributed by atoms with Crippen LogP contribution in [0.1, 0.15) is 11.1 Å². The Bertz CT molecular complexity index is 756. The normalized spacial score (nSPS) is 15.3. The number of hydrogen-bond acceptors (Lipinski definition) is 1. The van der Waals surface area contributed by atoms with Crippen molar-refractivity contribution in [3.8, 4) is 0 Å². The molecule has 5 heteroatoms. The average Bonchev–Trinajstić information content (AvgIpc) is 2.70. The molecule has 0 atom stereocenters. The van der Waals surface area contributed by atoms with Gasteiger partial charge >= 0.3 is 0 Å². The standard InChI is InChI=1S/C15H8ClF2NO/c16-9-4-5-10-11(15(20)19-13(10)7-9)6-8-2-1-3-12(17)14(8)18/h1-7H,(H,19,20)/b11-6-. The van der Waals surface area contributed by atoms with Gasteiger partial charge in [0.25, 0.3) is 5.91 Å². The molecule has 2 nitrogen and oxygen atoms in total. The number of rotatable bonds is 1. The van der Waals surface area contributed by atoms with Crippen LogP contribution in [-0.4, -0.2) is 5.91 Å². The minimum absolute atomic E-state index is 0.0259. The highest BCUT2D eigenvalue weighted by Crippen LogP contribution is 2.35. The van der Waals surface area contributed by atoms with Gasteiger partial charge in [-0.2, -0.15) is 0 Å². The summed E-state index contributed by atoms with van der Waals surface area (Å²) >= 11 is 5.84. The molecule has 2 aromatic carbocycles. The van der Waals surface area contributed by atoms with Gasteiger partial charge < -0.3 is 5.32 Å². The van der Waals surface area contributed by atoms with Gasteiger partial charge in [0.15, 0.2) is 11.6 Å². The second-order valence-corrected chi connectivity index (χ2v) is 4.78. The van der Waals surface area contributed by atoms with E-state index in [1.165, 1.54) is 18.2 Å². The smallest absolute Gasteiger partial charge is 0.256 e. The highest BCUT2D eigenvalue weighted by molar-refractivity contribution is 6.36. The molecule has 0 spiro atoms. The van der Waals surface area contributed by atoms with Crippen LogP contribution in [0.5, 0.6) is 0 Å². The predicted molar refractivity (Wildman–Crippen MR) is 74.3 cm³/mol. The summed E-state index contributed by atoms with van der Waals surface area (Å²) in [6, 6.07) is 8.74. The minimum atomic E-state index is -0.977. The van der Waals surface area contributed by atoms with E-state index in [-0.39, 0.29) is 17.0 Å². The van der Waals surface area contributed by atoms with Crippen molar-refractivity contribution in [3.05, 3.63) is 64.2 Å². The summed E-state index contributed by atoms with van der Waals surface area (Å²) in [5.74, 6) is -2.30. The molecule has 0 radical (unpaired) electrons. The van der Waals surface area contributed by atoms with Crippen LogP contribution < -0.4 is 5.32 Å². The molecule has 0 saturated heterocycles. The maximum atomic E-state index is 13.6. The van der Waals surface area contributed by atoms with Crippen molar-refractivity contribution in [1.82, 2.24) is 0 Å². The predicted octanol–water partition coefficient (Wildman–Crippen LogP) is 4.11. The summed E-state index contributed by atoms with van der Waals surface area (Å²) in [5.41, 5.74) is 1.48. The third-order valence-electron chi connectivity index (χ3n) is 3.05. The maximum absolute atomic E-state index is 13.6. The Morgan fingerprint density at radius 3 is 2.75 bits per heavy atom. The summed E-state index contributed by atoms with van der Waals surface area (Å²) < 4.78 is 26.8. The number of fused-ring (bicyclic) bond motifs is 1. The first-order valence-corrected chi connectivity index (χ1v) is 6.21. The summed E-state index contributed by atoms with van der Waals surface area (Å²) in [6.07, 6.45) is 1.33. The lowest BCUT2D eigenvalue weighted by Crippen LogP contribution is -2.03. The number of anilines is 1. The molecular formula is C15H8ClF2NO. The van der Waals surface area contributed by atoms with Crippen LogP contribution in [0.2, 0.25) is 5.02 Å². The zero-order chi connectivity index (χ0) is 14.3. The van der Waals surface area contributed by atoms with E-state index in [4.69, 9.17) is 11.6 Å². The van der Waals surface area contributed by atoms with E-state index in [2.05, 4.69) is 5.32 Å². The third-order valence-corrected chi connectivity index (χ3v) is 3.28. The van der Waals surface area contributed by atoms with Crippen molar-refractivity contribution < 1.29 is 13.6 Å². The molecule has 0 bridgehead atoms. The molecule has 0 saturated carbocycles. The molecule has 0 fully saturated rings. The molecule has 0 aromatic heterocycles. The molecule has 2 aromatic rings. The van der Waals surface area contributed by atoms with Gasteiger partial charge in [-0.25, -0.2) is 8.78 Å². The topological polar surface area (TPSA) is 29.1 Å². The SMILES string of the molecule is O=C1Nc2cc(Cl)ccc2/C1=C/c1cccc(F)c1F. The summed E-state index contributed by atoms with van der Waals surface area (Å²) in [6.45, 7) is 0. The Labute approximate surface area is 118 Å². The average molecular weight is 292 g/mol. The second-order valence-electron chi connectivity index (χ2n) is 4.35. The fourth-order valence-electron chi connectivity index (χ4n) is 2.10.